The second-order valence-electron chi connectivity index (χ2n) is 7.28. The summed E-state index contributed by atoms with van der Waals surface area (Å²) >= 11 is 0. The number of carbonyl (C=O) groups is 2. The molecule has 0 bridgehead atoms. The molecule has 2 aliphatic rings. The highest BCUT2D eigenvalue weighted by Crippen LogP contribution is 2.64. The molecule has 0 aromatic heterocycles. The lowest BCUT2D eigenvalue weighted by atomic mass is 9.48. The number of hydrogen-bond acceptors (Lipinski definition) is 7. The number of esters is 2. The topological polar surface area (TPSA) is 96.0 Å². The Labute approximate surface area is 142 Å². The van der Waals surface area contributed by atoms with Gasteiger partial charge >= 0.3 is 22.1 Å². The van der Waals surface area contributed by atoms with Crippen molar-refractivity contribution in [1.82, 2.24) is 0 Å². The maximum Gasteiger partial charge on any atom is 0.323 e. The zero-order valence-electron chi connectivity index (χ0n) is 14.6. The quantitative estimate of drug-likeness (QED) is 0.405. The van der Waals surface area contributed by atoms with E-state index in [2.05, 4.69) is 0 Å². The number of rotatable bonds is 6. The van der Waals surface area contributed by atoms with Crippen LogP contribution in [-0.4, -0.2) is 38.8 Å². The predicted molar refractivity (Wildman–Crippen MR) is 85.2 cm³/mol. The molecule has 0 amide bonds. The molecule has 0 aromatic carbocycles. The first kappa shape index (κ1) is 18.8. The lowest BCUT2D eigenvalue weighted by molar-refractivity contribution is -0.194. The van der Waals surface area contributed by atoms with Crippen molar-refractivity contribution in [3.8, 4) is 0 Å². The summed E-state index contributed by atoms with van der Waals surface area (Å²) in [4.78, 5) is 24.9. The van der Waals surface area contributed by atoms with Gasteiger partial charge in [0.05, 0.1) is 18.5 Å². The van der Waals surface area contributed by atoms with Gasteiger partial charge in [0.15, 0.2) is 5.41 Å². The van der Waals surface area contributed by atoms with E-state index in [0.717, 1.165) is 6.26 Å². The largest absolute Gasteiger partial charge is 0.462 e. The van der Waals surface area contributed by atoms with Crippen LogP contribution in [0.1, 0.15) is 47.0 Å². The minimum atomic E-state index is -3.56. The molecule has 0 aliphatic heterocycles. The van der Waals surface area contributed by atoms with E-state index in [-0.39, 0.29) is 25.0 Å². The third-order valence-electron chi connectivity index (χ3n) is 4.03. The lowest BCUT2D eigenvalue weighted by Crippen LogP contribution is -2.59. The summed E-state index contributed by atoms with van der Waals surface area (Å²) in [5.74, 6) is -0.820. The number of hydrogen-bond donors (Lipinski definition) is 0. The molecule has 136 valence electrons. The van der Waals surface area contributed by atoms with Crippen LogP contribution in [0.15, 0.2) is 11.8 Å². The van der Waals surface area contributed by atoms with E-state index in [0.29, 0.717) is 12.2 Å². The zero-order valence-corrected chi connectivity index (χ0v) is 15.4. The molecule has 0 unspecified atom stereocenters. The van der Waals surface area contributed by atoms with E-state index in [4.69, 9.17) is 13.7 Å². The van der Waals surface area contributed by atoms with Crippen LogP contribution >= 0.6 is 0 Å². The van der Waals surface area contributed by atoms with E-state index >= 15 is 0 Å². The number of ether oxygens (including phenoxy) is 2. The minimum Gasteiger partial charge on any atom is -0.462 e. The molecule has 0 N–H and O–H groups in total. The average molecular weight is 360 g/mol. The normalized spacial score (nSPS) is 20.9. The molecule has 24 heavy (non-hydrogen) atoms. The van der Waals surface area contributed by atoms with Gasteiger partial charge in [0.1, 0.15) is 5.76 Å². The van der Waals surface area contributed by atoms with E-state index in [1.807, 2.05) is 0 Å². The molecule has 1 fully saturated rings. The van der Waals surface area contributed by atoms with Gasteiger partial charge in [-0.1, -0.05) is 0 Å². The highest BCUT2D eigenvalue weighted by Gasteiger charge is 2.67. The lowest BCUT2D eigenvalue weighted by Gasteiger charge is -2.55. The van der Waals surface area contributed by atoms with Crippen LogP contribution < -0.4 is 0 Å². The fourth-order valence-electron chi connectivity index (χ4n) is 3.31. The van der Waals surface area contributed by atoms with Crippen LogP contribution in [0.2, 0.25) is 0 Å². The number of allylic oxidation sites excluding steroid dienone is 2. The summed E-state index contributed by atoms with van der Waals surface area (Å²) in [6.45, 7) is 6.87. The molecular formula is C16H24O7S. The van der Waals surface area contributed by atoms with E-state index < -0.39 is 32.9 Å². The van der Waals surface area contributed by atoms with Crippen molar-refractivity contribution >= 4 is 22.1 Å². The predicted octanol–water partition coefficient (Wildman–Crippen LogP) is 1.92. The molecule has 1 spiro atoms. The molecule has 8 heteroatoms. The average Bonchev–Trinajstić information content (AvgIpc) is 2.26. The Morgan fingerprint density at radius 3 is 1.79 bits per heavy atom. The molecule has 0 heterocycles. The van der Waals surface area contributed by atoms with Crippen molar-refractivity contribution in [2.45, 2.75) is 59.2 Å². The zero-order chi connectivity index (χ0) is 18.3. The van der Waals surface area contributed by atoms with Crippen LogP contribution in [0.25, 0.3) is 0 Å². The van der Waals surface area contributed by atoms with Gasteiger partial charge in [-0.3, -0.25) is 9.59 Å². The van der Waals surface area contributed by atoms with E-state index in [1.54, 1.807) is 33.8 Å². The van der Waals surface area contributed by atoms with Gasteiger partial charge < -0.3 is 13.7 Å². The summed E-state index contributed by atoms with van der Waals surface area (Å²) in [6, 6.07) is 0. The summed E-state index contributed by atoms with van der Waals surface area (Å²) in [6.07, 6.45) is 2.85. The molecule has 2 aliphatic carbocycles. The molecular weight excluding hydrogens is 336 g/mol. The molecule has 0 aromatic rings. The van der Waals surface area contributed by atoms with Gasteiger partial charge in [0, 0.05) is 11.8 Å². The highest BCUT2D eigenvalue weighted by molar-refractivity contribution is 7.86. The van der Waals surface area contributed by atoms with Crippen molar-refractivity contribution < 1.29 is 31.7 Å². The monoisotopic (exact) mass is 360 g/mol. The van der Waals surface area contributed by atoms with Crippen LogP contribution in [0, 0.1) is 10.8 Å². The van der Waals surface area contributed by atoms with Gasteiger partial charge in [-0.05, 0) is 46.6 Å². The van der Waals surface area contributed by atoms with Crippen molar-refractivity contribution in [2.24, 2.45) is 10.8 Å². The van der Waals surface area contributed by atoms with Crippen LogP contribution in [0.4, 0.5) is 0 Å². The van der Waals surface area contributed by atoms with Crippen LogP contribution in [0.5, 0.6) is 0 Å². The Kier molecular flexibility index (Phi) is 4.74. The summed E-state index contributed by atoms with van der Waals surface area (Å²) in [7, 11) is -3.56. The Bertz CT molecular complexity index is 643. The van der Waals surface area contributed by atoms with Gasteiger partial charge in [-0.2, -0.15) is 8.42 Å². The number of carbonyl (C=O) groups excluding carboxylic acids is 2. The molecule has 0 saturated heterocycles. The molecule has 1 saturated carbocycles. The first-order valence-corrected chi connectivity index (χ1v) is 9.72. The Hall–Kier alpha value is -1.57. The van der Waals surface area contributed by atoms with Crippen LogP contribution in [0.3, 0.4) is 0 Å². The Balaban J connectivity index is 2.13. The third kappa shape index (κ3) is 3.74. The van der Waals surface area contributed by atoms with Gasteiger partial charge in [0.25, 0.3) is 0 Å². The molecule has 7 nitrogen and oxygen atoms in total. The van der Waals surface area contributed by atoms with Crippen LogP contribution in [-0.2, 0) is 33.4 Å². The fourth-order valence-corrected chi connectivity index (χ4v) is 3.81. The maximum atomic E-state index is 12.4. The van der Waals surface area contributed by atoms with Gasteiger partial charge in [0.2, 0.25) is 0 Å². The summed E-state index contributed by atoms with van der Waals surface area (Å²) < 4.78 is 37.6. The van der Waals surface area contributed by atoms with Crippen molar-refractivity contribution in [1.29, 1.82) is 0 Å². The molecule has 0 radical (unpaired) electrons. The second kappa shape index (κ2) is 6.06. The van der Waals surface area contributed by atoms with E-state index in [1.165, 1.54) is 0 Å². The molecule has 2 rings (SSSR count). The smallest absolute Gasteiger partial charge is 0.323 e. The van der Waals surface area contributed by atoms with Crippen molar-refractivity contribution in [2.75, 3.05) is 6.26 Å². The SMILES string of the molecule is CC(C)OC(=O)C1(C(=O)OC(C)C)CC2(C=C(OS(C)(=O)=O)C2)C1. The highest BCUT2D eigenvalue weighted by atomic mass is 32.2. The molecule has 0 atom stereocenters. The standard InChI is InChI=1S/C16H24O7S/c1-10(2)21-13(17)16(14(18)22-11(3)4)8-15(9-16)6-12(7-15)23-24(5,19)20/h6,10-11H,7-9H2,1-5H3. The Morgan fingerprint density at radius 2 is 1.46 bits per heavy atom. The van der Waals surface area contributed by atoms with Crippen molar-refractivity contribution in [3.05, 3.63) is 11.8 Å². The minimum absolute atomic E-state index is 0.244. The van der Waals surface area contributed by atoms with E-state index in [9.17, 15) is 18.0 Å². The summed E-state index contributed by atoms with van der Waals surface area (Å²) in [5, 5.41) is 0. The summed E-state index contributed by atoms with van der Waals surface area (Å²) in [5.41, 5.74) is -1.71. The Morgan fingerprint density at radius 1 is 1.04 bits per heavy atom. The first-order valence-electron chi connectivity index (χ1n) is 7.91. The third-order valence-corrected chi connectivity index (χ3v) is 4.54. The van der Waals surface area contributed by atoms with Crippen molar-refractivity contribution in [3.63, 3.8) is 0 Å². The first-order chi connectivity index (χ1) is 10.9. The van der Waals surface area contributed by atoms with Gasteiger partial charge in [-0.25, -0.2) is 0 Å². The maximum absolute atomic E-state index is 12.4. The second-order valence-corrected chi connectivity index (χ2v) is 8.86. The fraction of sp³-hybridized carbons (Fsp3) is 0.750. The van der Waals surface area contributed by atoms with Gasteiger partial charge in [-0.15, -0.1) is 0 Å².